The van der Waals surface area contributed by atoms with Crippen LogP contribution in [-0.2, 0) is 31.3 Å². The van der Waals surface area contributed by atoms with Crippen molar-refractivity contribution >= 4 is 26.0 Å². The molecule has 3 rings (SSSR count). The minimum absolute atomic E-state index is 0.134. The Morgan fingerprint density at radius 1 is 1.04 bits per heavy atom. The van der Waals surface area contributed by atoms with Crippen LogP contribution >= 0.6 is 0 Å². The van der Waals surface area contributed by atoms with E-state index in [4.69, 9.17) is 14.9 Å². The lowest BCUT2D eigenvalue weighted by Crippen LogP contribution is -2.40. The molecule has 28 heavy (non-hydrogen) atoms. The number of rotatable bonds is 6. The smallest absolute Gasteiger partial charge is 0.300 e. The second-order valence-corrected chi connectivity index (χ2v) is 9.47. The number of nitrogens with zero attached hydrogens (tertiary/aromatic N) is 1. The third kappa shape index (κ3) is 4.25. The maximum atomic E-state index is 12.5. The summed E-state index contributed by atoms with van der Waals surface area (Å²) in [6.07, 6.45) is 0. The van der Waals surface area contributed by atoms with Crippen molar-refractivity contribution in [2.75, 3.05) is 26.3 Å². The normalized spacial score (nSPS) is 16.0. The maximum absolute atomic E-state index is 12.5. The third-order valence-corrected chi connectivity index (χ3v) is 7.19. The van der Waals surface area contributed by atoms with Gasteiger partial charge in [-0.2, -0.15) is 4.31 Å². The van der Waals surface area contributed by atoms with E-state index in [-0.39, 0.29) is 37.7 Å². The fourth-order valence-corrected chi connectivity index (χ4v) is 4.81. The number of morpholine rings is 1. The number of benzene rings is 1. The van der Waals surface area contributed by atoms with E-state index in [2.05, 4.69) is 0 Å². The summed E-state index contributed by atoms with van der Waals surface area (Å²) in [5.41, 5.74) is 6.20. The Morgan fingerprint density at radius 3 is 2.29 bits per heavy atom. The van der Waals surface area contributed by atoms with Gasteiger partial charge in [-0.1, -0.05) is 12.1 Å². The molecule has 0 spiro atoms. The molecule has 1 aromatic carbocycles. The fourth-order valence-electron chi connectivity index (χ4n) is 2.53. The van der Waals surface area contributed by atoms with E-state index in [1.807, 2.05) is 4.72 Å². The summed E-state index contributed by atoms with van der Waals surface area (Å²) in [7, 11) is -8.09. The first-order chi connectivity index (χ1) is 13.2. The van der Waals surface area contributed by atoms with Crippen molar-refractivity contribution in [2.45, 2.75) is 16.5 Å². The maximum Gasteiger partial charge on any atom is 0.300 e. The fraction of sp³-hybridized carbons (Fsp3) is 0.312. The summed E-state index contributed by atoms with van der Waals surface area (Å²) in [4.78, 5) is 12.1. The molecular formula is C16H19N3O7S2. The summed E-state index contributed by atoms with van der Waals surface area (Å²) in [6.45, 7) is 1.10. The van der Waals surface area contributed by atoms with E-state index >= 15 is 0 Å². The van der Waals surface area contributed by atoms with Gasteiger partial charge in [-0.15, -0.1) is 0 Å². The van der Waals surface area contributed by atoms with Gasteiger partial charge in [0.2, 0.25) is 5.09 Å². The van der Waals surface area contributed by atoms with Gasteiger partial charge in [0.15, 0.2) is 5.76 Å². The largest absolute Gasteiger partial charge is 0.438 e. The topological polar surface area (TPSA) is 149 Å². The second kappa shape index (κ2) is 8.01. The quantitative estimate of drug-likeness (QED) is 0.645. The SMILES string of the molecule is NCc1ccc(S(=O)(=O)NC(=O)c2ccc(S(=O)(=O)N3CCOCC3)o2)cc1. The van der Waals surface area contributed by atoms with E-state index in [9.17, 15) is 21.6 Å². The molecular weight excluding hydrogens is 410 g/mol. The number of amides is 1. The number of hydrogen-bond donors (Lipinski definition) is 2. The number of hydrogen-bond acceptors (Lipinski definition) is 8. The predicted molar refractivity (Wildman–Crippen MR) is 97.3 cm³/mol. The van der Waals surface area contributed by atoms with E-state index in [1.54, 1.807) is 0 Å². The predicted octanol–water partition coefficient (Wildman–Crippen LogP) is -0.122. The number of carbonyl (C=O) groups is 1. The molecule has 12 heteroatoms. The lowest BCUT2D eigenvalue weighted by molar-refractivity contribution is 0.0723. The van der Waals surface area contributed by atoms with Crippen LogP contribution in [0.5, 0.6) is 0 Å². The Hall–Kier alpha value is -2.25. The molecule has 1 fully saturated rings. The molecule has 1 amide bonds. The van der Waals surface area contributed by atoms with Gasteiger partial charge in [-0.3, -0.25) is 4.79 Å². The van der Waals surface area contributed by atoms with Crippen LogP contribution in [-0.4, -0.2) is 53.4 Å². The second-order valence-electron chi connectivity index (χ2n) is 5.92. The number of sulfonamides is 2. The Morgan fingerprint density at radius 2 is 1.68 bits per heavy atom. The monoisotopic (exact) mass is 429 g/mol. The van der Waals surface area contributed by atoms with Crippen LogP contribution in [0.4, 0.5) is 0 Å². The number of nitrogens with one attached hydrogen (secondary N) is 1. The highest BCUT2D eigenvalue weighted by Crippen LogP contribution is 2.20. The standard InChI is InChI=1S/C16H19N3O7S2/c17-11-12-1-3-13(4-2-12)27(21,22)18-16(20)14-5-6-15(26-14)28(23,24)19-7-9-25-10-8-19/h1-6H,7-11,17H2,(H,18,20). The van der Waals surface area contributed by atoms with Crippen LogP contribution in [0.15, 0.2) is 50.8 Å². The molecule has 0 radical (unpaired) electrons. The summed E-state index contributed by atoms with van der Waals surface area (Å²) >= 11 is 0. The lowest BCUT2D eigenvalue weighted by Gasteiger charge is -2.24. The molecule has 0 aliphatic carbocycles. The van der Waals surface area contributed by atoms with Gasteiger partial charge in [0.05, 0.1) is 18.1 Å². The number of ether oxygens (including phenoxy) is 1. The Kier molecular flexibility index (Phi) is 5.86. The van der Waals surface area contributed by atoms with Crippen LogP contribution in [0.2, 0.25) is 0 Å². The Bertz CT molecular complexity index is 1050. The first kappa shape index (κ1) is 20.5. The average Bonchev–Trinajstić information content (AvgIpc) is 3.20. The molecule has 0 atom stereocenters. The van der Waals surface area contributed by atoms with Gasteiger partial charge in [-0.25, -0.2) is 21.6 Å². The van der Waals surface area contributed by atoms with Crippen molar-refractivity contribution in [1.29, 1.82) is 0 Å². The molecule has 2 aromatic rings. The minimum Gasteiger partial charge on any atom is -0.438 e. The van der Waals surface area contributed by atoms with Crippen molar-refractivity contribution in [2.24, 2.45) is 5.73 Å². The van der Waals surface area contributed by atoms with Gasteiger partial charge in [0, 0.05) is 19.6 Å². The van der Waals surface area contributed by atoms with Gasteiger partial charge in [0.25, 0.3) is 20.0 Å². The van der Waals surface area contributed by atoms with Crippen LogP contribution in [0.1, 0.15) is 16.1 Å². The molecule has 0 saturated carbocycles. The molecule has 0 bridgehead atoms. The molecule has 1 aliphatic heterocycles. The van der Waals surface area contributed by atoms with Gasteiger partial charge < -0.3 is 14.9 Å². The zero-order chi connectivity index (χ0) is 20.4. The van der Waals surface area contributed by atoms with E-state index in [1.165, 1.54) is 28.6 Å². The van der Waals surface area contributed by atoms with Gasteiger partial charge in [0.1, 0.15) is 0 Å². The van der Waals surface area contributed by atoms with Crippen LogP contribution in [0, 0.1) is 0 Å². The Balaban J connectivity index is 1.76. The summed E-state index contributed by atoms with van der Waals surface area (Å²) in [6, 6.07) is 7.90. The minimum atomic E-state index is -4.16. The van der Waals surface area contributed by atoms with Crippen LogP contribution < -0.4 is 10.5 Å². The average molecular weight is 429 g/mol. The van der Waals surface area contributed by atoms with Crippen molar-refractivity contribution in [3.8, 4) is 0 Å². The van der Waals surface area contributed by atoms with Crippen molar-refractivity contribution in [1.82, 2.24) is 9.03 Å². The highest BCUT2D eigenvalue weighted by Gasteiger charge is 2.30. The van der Waals surface area contributed by atoms with Crippen molar-refractivity contribution < 1.29 is 30.8 Å². The van der Waals surface area contributed by atoms with Crippen LogP contribution in [0.3, 0.4) is 0 Å². The van der Waals surface area contributed by atoms with Crippen molar-refractivity contribution in [3.63, 3.8) is 0 Å². The molecule has 10 nitrogen and oxygen atoms in total. The Labute approximate surface area is 162 Å². The summed E-state index contributed by atoms with van der Waals surface area (Å²) in [5.74, 6) is -1.51. The highest BCUT2D eigenvalue weighted by molar-refractivity contribution is 7.90. The van der Waals surface area contributed by atoms with Gasteiger partial charge >= 0.3 is 5.91 Å². The number of carbonyl (C=O) groups excluding carboxylic acids is 1. The molecule has 0 unspecified atom stereocenters. The lowest BCUT2D eigenvalue weighted by atomic mass is 10.2. The third-order valence-electron chi connectivity index (χ3n) is 4.07. The zero-order valence-electron chi connectivity index (χ0n) is 14.7. The first-order valence-corrected chi connectivity index (χ1v) is 11.2. The van der Waals surface area contributed by atoms with E-state index in [0.29, 0.717) is 0 Å². The molecule has 1 saturated heterocycles. The van der Waals surface area contributed by atoms with E-state index < -0.39 is 36.8 Å². The molecule has 2 heterocycles. The first-order valence-electron chi connectivity index (χ1n) is 8.28. The number of nitrogens with two attached hydrogens (primary N) is 1. The van der Waals surface area contributed by atoms with Crippen molar-refractivity contribution in [3.05, 3.63) is 47.7 Å². The number of furan rings is 1. The van der Waals surface area contributed by atoms with Gasteiger partial charge in [-0.05, 0) is 29.8 Å². The molecule has 3 N–H and O–H groups in total. The highest BCUT2D eigenvalue weighted by atomic mass is 32.2. The summed E-state index contributed by atoms with van der Waals surface area (Å²) < 4.78 is 62.9. The summed E-state index contributed by atoms with van der Waals surface area (Å²) in [5, 5.41) is -0.441. The molecule has 152 valence electrons. The molecule has 1 aliphatic rings. The zero-order valence-corrected chi connectivity index (χ0v) is 16.3. The molecule has 1 aromatic heterocycles. The van der Waals surface area contributed by atoms with E-state index in [0.717, 1.165) is 17.7 Å². The van der Waals surface area contributed by atoms with Crippen LogP contribution in [0.25, 0.3) is 0 Å².